The van der Waals surface area contributed by atoms with Crippen molar-refractivity contribution in [3.63, 3.8) is 0 Å². The molecule has 0 unspecified atom stereocenters. The normalized spacial score (nSPS) is 10.8. The summed E-state index contributed by atoms with van der Waals surface area (Å²) in [4.78, 5) is 0. The average Bonchev–Trinajstić information content (AvgIpc) is 2.96. The molecule has 1 aromatic heterocycles. The van der Waals surface area contributed by atoms with Crippen molar-refractivity contribution < 1.29 is 4.57 Å². The Balaban J connectivity index is 1.69. The molecule has 0 bridgehead atoms. The molecule has 0 aliphatic heterocycles. The minimum atomic E-state index is 1.13. The van der Waals surface area contributed by atoms with Gasteiger partial charge in [-0.2, -0.15) is 0 Å². The Morgan fingerprint density at radius 2 is 1.60 bits per heavy atom. The Kier molecular flexibility index (Phi) is 6.36. The number of nitrogens with zero attached hydrogens (tertiary/aromatic N) is 2. The van der Waals surface area contributed by atoms with Gasteiger partial charge in [-0.05, 0) is 25.0 Å². The number of imidazole rings is 1. The van der Waals surface area contributed by atoms with Crippen LogP contribution in [-0.4, -0.2) is 4.57 Å². The van der Waals surface area contributed by atoms with E-state index < -0.39 is 0 Å². The van der Waals surface area contributed by atoms with Gasteiger partial charge in [0.1, 0.15) is 18.1 Å². The highest BCUT2D eigenvalue weighted by Gasteiger charge is 2.05. The van der Waals surface area contributed by atoms with Crippen LogP contribution in [0.15, 0.2) is 49.1 Å². The third kappa shape index (κ3) is 4.84. The van der Waals surface area contributed by atoms with Crippen LogP contribution in [0.2, 0.25) is 0 Å². The molecule has 0 aliphatic carbocycles. The molecule has 0 fully saturated rings. The SMILES string of the molecule is CCCCCCCCC[n+]1ccn(-c2ccccc2)c1. The van der Waals surface area contributed by atoms with Crippen molar-refractivity contribution in [3.05, 3.63) is 49.1 Å². The summed E-state index contributed by atoms with van der Waals surface area (Å²) in [5.74, 6) is 0. The van der Waals surface area contributed by atoms with Gasteiger partial charge in [0.05, 0.1) is 6.54 Å². The second-order valence-electron chi connectivity index (χ2n) is 5.52. The molecular formula is C18H27N2+. The Morgan fingerprint density at radius 1 is 0.900 bits per heavy atom. The largest absolute Gasteiger partial charge is 0.248 e. The Hall–Kier alpha value is -1.57. The molecule has 0 atom stereocenters. The van der Waals surface area contributed by atoms with E-state index in [4.69, 9.17) is 0 Å². The zero-order chi connectivity index (χ0) is 14.0. The maximum absolute atomic E-state index is 2.29. The van der Waals surface area contributed by atoms with Gasteiger partial charge < -0.3 is 0 Å². The summed E-state index contributed by atoms with van der Waals surface area (Å²) < 4.78 is 4.47. The predicted octanol–water partition coefficient (Wildman–Crippen LogP) is 4.52. The highest BCUT2D eigenvalue weighted by Crippen LogP contribution is 2.07. The maximum Gasteiger partial charge on any atom is 0.248 e. The van der Waals surface area contributed by atoms with E-state index in [2.05, 4.69) is 65.1 Å². The molecule has 2 heteroatoms. The van der Waals surface area contributed by atoms with Crippen LogP contribution >= 0.6 is 0 Å². The number of para-hydroxylation sites is 1. The van der Waals surface area contributed by atoms with Gasteiger partial charge in [-0.3, -0.25) is 0 Å². The molecule has 0 saturated heterocycles. The predicted molar refractivity (Wildman–Crippen MR) is 84.0 cm³/mol. The Labute approximate surface area is 123 Å². The molecule has 108 valence electrons. The first-order valence-corrected chi connectivity index (χ1v) is 8.02. The molecule has 0 spiro atoms. The average molecular weight is 271 g/mol. The lowest BCUT2D eigenvalue weighted by atomic mass is 10.1. The van der Waals surface area contributed by atoms with E-state index >= 15 is 0 Å². The summed E-state index contributed by atoms with van der Waals surface area (Å²) in [5, 5.41) is 0. The molecular weight excluding hydrogens is 244 g/mol. The zero-order valence-corrected chi connectivity index (χ0v) is 12.7. The first kappa shape index (κ1) is 14.8. The summed E-state index contributed by atoms with van der Waals surface area (Å²) in [7, 11) is 0. The van der Waals surface area contributed by atoms with Gasteiger partial charge in [0.15, 0.2) is 0 Å². The second-order valence-corrected chi connectivity index (χ2v) is 5.52. The molecule has 0 radical (unpaired) electrons. The molecule has 0 aliphatic rings. The summed E-state index contributed by atoms with van der Waals surface area (Å²) in [6, 6.07) is 10.5. The molecule has 0 N–H and O–H groups in total. The van der Waals surface area contributed by atoms with E-state index in [-0.39, 0.29) is 0 Å². The molecule has 0 saturated carbocycles. The highest BCUT2D eigenvalue weighted by atomic mass is 15.1. The fourth-order valence-electron chi connectivity index (χ4n) is 2.53. The lowest BCUT2D eigenvalue weighted by Gasteiger charge is -1.99. The number of aromatic nitrogens is 2. The maximum atomic E-state index is 2.29. The van der Waals surface area contributed by atoms with Crippen molar-refractivity contribution in [1.29, 1.82) is 0 Å². The number of unbranched alkanes of at least 4 members (excludes halogenated alkanes) is 6. The van der Waals surface area contributed by atoms with Gasteiger partial charge >= 0.3 is 0 Å². The summed E-state index contributed by atoms with van der Waals surface area (Å²) in [6.45, 7) is 3.40. The van der Waals surface area contributed by atoms with Gasteiger partial charge in [0.2, 0.25) is 6.33 Å². The lowest BCUT2D eigenvalue weighted by Crippen LogP contribution is -2.30. The van der Waals surface area contributed by atoms with E-state index in [1.165, 1.54) is 50.6 Å². The third-order valence-electron chi connectivity index (χ3n) is 3.77. The standard InChI is InChI=1S/C18H27N2/c1-2-3-4-5-6-7-11-14-19-15-16-20(17-19)18-12-9-8-10-13-18/h8-10,12-13,15-17H,2-7,11,14H2,1H3/q+1. The van der Waals surface area contributed by atoms with Crippen LogP contribution in [0.3, 0.4) is 0 Å². The van der Waals surface area contributed by atoms with Crippen LogP contribution in [0.5, 0.6) is 0 Å². The number of hydrogen-bond donors (Lipinski definition) is 0. The van der Waals surface area contributed by atoms with Gasteiger partial charge in [0.25, 0.3) is 0 Å². The molecule has 1 heterocycles. The van der Waals surface area contributed by atoms with Gasteiger partial charge in [-0.15, -0.1) is 0 Å². The quantitative estimate of drug-likeness (QED) is 0.468. The van der Waals surface area contributed by atoms with Crippen LogP contribution in [0.1, 0.15) is 51.9 Å². The molecule has 2 nitrogen and oxygen atoms in total. The van der Waals surface area contributed by atoms with Crippen LogP contribution in [0.25, 0.3) is 5.69 Å². The third-order valence-corrected chi connectivity index (χ3v) is 3.77. The van der Waals surface area contributed by atoms with Crippen LogP contribution < -0.4 is 4.57 Å². The van der Waals surface area contributed by atoms with Crippen LogP contribution in [0.4, 0.5) is 0 Å². The van der Waals surface area contributed by atoms with E-state index in [0.717, 1.165) is 6.54 Å². The number of aryl methyl sites for hydroxylation is 1. The van der Waals surface area contributed by atoms with Crippen LogP contribution in [0, 0.1) is 0 Å². The Morgan fingerprint density at radius 3 is 2.35 bits per heavy atom. The fraction of sp³-hybridized carbons (Fsp3) is 0.500. The van der Waals surface area contributed by atoms with Crippen molar-refractivity contribution in [2.75, 3.05) is 0 Å². The van der Waals surface area contributed by atoms with Crippen molar-refractivity contribution in [3.8, 4) is 5.69 Å². The van der Waals surface area contributed by atoms with Crippen molar-refractivity contribution in [2.45, 2.75) is 58.4 Å². The van der Waals surface area contributed by atoms with E-state index in [1.807, 2.05) is 0 Å². The van der Waals surface area contributed by atoms with Gasteiger partial charge in [-0.1, -0.05) is 57.2 Å². The summed E-state index contributed by atoms with van der Waals surface area (Å²) in [6.07, 6.45) is 16.1. The molecule has 1 aromatic carbocycles. The molecule has 2 aromatic rings. The van der Waals surface area contributed by atoms with E-state index in [9.17, 15) is 0 Å². The Bertz CT molecular complexity index is 473. The minimum absolute atomic E-state index is 1.13. The molecule has 2 rings (SSSR count). The minimum Gasteiger partial charge on any atom is -0.236 e. The first-order valence-electron chi connectivity index (χ1n) is 8.02. The van der Waals surface area contributed by atoms with Gasteiger partial charge in [-0.25, -0.2) is 9.13 Å². The second kappa shape index (κ2) is 8.57. The highest BCUT2D eigenvalue weighted by molar-refractivity contribution is 5.30. The monoisotopic (exact) mass is 271 g/mol. The van der Waals surface area contributed by atoms with E-state index in [1.54, 1.807) is 0 Å². The van der Waals surface area contributed by atoms with Crippen molar-refractivity contribution in [2.24, 2.45) is 0 Å². The smallest absolute Gasteiger partial charge is 0.236 e. The van der Waals surface area contributed by atoms with Crippen molar-refractivity contribution >= 4 is 0 Å². The number of benzene rings is 1. The van der Waals surface area contributed by atoms with E-state index in [0.29, 0.717) is 0 Å². The van der Waals surface area contributed by atoms with Crippen molar-refractivity contribution in [1.82, 2.24) is 4.57 Å². The molecule has 20 heavy (non-hydrogen) atoms. The topological polar surface area (TPSA) is 8.81 Å². The number of hydrogen-bond acceptors (Lipinski definition) is 0. The first-order chi connectivity index (χ1) is 9.90. The number of rotatable bonds is 9. The zero-order valence-electron chi connectivity index (χ0n) is 12.7. The van der Waals surface area contributed by atoms with Gasteiger partial charge in [0, 0.05) is 0 Å². The summed E-state index contributed by atoms with van der Waals surface area (Å²) in [5.41, 5.74) is 1.23. The lowest BCUT2D eigenvalue weighted by molar-refractivity contribution is -0.696. The van der Waals surface area contributed by atoms with Crippen LogP contribution in [-0.2, 0) is 6.54 Å². The fourth-order valence-corrected chi connectivity index (χ4v) is 2.53. The summed E-state index contributed by atoms with van der Waals surface area (Å²) >= 11 is 0. The molecule has 0 amide bonds.